The fourth-order valence-electron chi connectivity index (χ4n) is 4.29. The van der Waals surface area contributed by atoms with Gasteiger partial charge in [-0.05, 0) is 54.3 Å². The molecule has 1 atom stereocenters. The molecule has 2 aromatic carbocycles. The number of carboxylic acids is 1. The van der Waals surface area contributed by atoms with Gasteiger partial charge in [-0.25, -0.2) is 14.2 Å². The summed E-state index contributed by atoms with van der Waals surface area (Å²) in [6.45, 7) is 0.378. The number of aromatic nitrogens is 1. The summed E-state index contributed by atoms with van der Waals surface area (Å²) in [5, 5.41) is 10.2. The number of nitrogen functional groups attached to an aromatic ring is 1. The fourth-order valence-corrected chi connectivity index (χ4v) is 5.37. The molecule has 0 unspecified atom stereocenters. The van der Waals surface area contributed by atoms with Crippen LogP contribution in [0.3, 0.4) is 0 Å². The molecular formula is C25H20FN3O3S. The molecule has 1 fully saturated rings. The van der Waals surface area contributed by atoms with Gasteiger partial charge in [-0.1, -0.05) is 30.3 Å². The van der Waals surface area contributed by atoms with E-state index in [1.165, 1.54) is 17.0 Å². The minimum Gasteiger partial charge on any atom is -0.480 e. The molecule has 0 aliphatic carbocycles. The van der Waals surface area contributed by atoms with Gasteiger partial charge < -0.3 is 15.7 Å². The minimum atomic E-state index is -1.01. The Morgan fingerprint density at radius 2 is 1.82 bits per heavy atom. The maximum absolute atomic E-state index is 13.5. The van der Waals surface area contributed by atoms with Crippen LogP contribution in [0.5, 0.6) is 0 Å². The highest BCUT2D eigenvalue weighted by Crippen LogP contribution is 2.42. The predicted molar refractivity (Wildman–Crippen MR) is 127 cm³/mol. The smallest absolute Gasteiger partial charge is 0.326 e. The number of likely N-dealkylation sites (tertiary alicyclic amines) is 1. The number of carbonyl (C=O) groups excluding carboxylic acids is 1. The van der Waals surface area contributed by atoms with Crippen molar-refractivity contribution in [2.75, 3.05) is 12.3 Å². The van der Waals surface area contributed by atoms with E-state index in [1.807, 2.05) is 36.4 Å². The van der Waals surface area contributed by atoms with Crippen LogP contribution >= 0.6 is 11.3 Å². The van der Waals surface area contributed by atoms with Crippen molar-refractivity contribution in [1.82, 2.24) is 9.88 Å². The van der Waals surface area contributed by atoms with Gasteiger partial charge in [0, 0.05) is 17.5 Å². The van der Waals surface area contributed by atoms with E-state index in [4.69, 9.17) is 10.7 Å². The summed E-state index contributed by atoms with van der Waals surface area (Å²) < 4.78 is 13.5. The van der Waals surface area contributed by atoms with Gasteiger partial charge in [0.25, 0.3) is 5.91 Å². The van der Waals surface area contributed by atoms with Crippen LogP contribution in [-0.2, 0) is 4.79 Å². The second-order valence-electron chi connectivity index (χ2n) is 7.95. The van der Waals surface area contributed by atoms with E-state index >= 15 is 0 Å². The lowest BCUT2D eigenvalue weighted by molar-refractivity contribution is -0.141. The number of carboxylic acid groups (broad SMARTS) is 1. The molecule has 2 aromatic heterocycles. The molecule has 1 aliphatic rings. The Balaban J connectivity index is 1.70. The average molecular weight is 462 g/mol. The van der Waals surface area contributed by atoms with E-state index in [0.29, 0.717) is 45.9 Å². The van der Waals surface area contributed by atoms with Crippen LogP contribution in [0.4, 0.5) is 10.1 Å². The van der Waals surface area contributed by atoms with Crippen LogP contribution in [-0.4, -0.2) is 39.5 Å². The number of halogens is 1. The van der Waals surface area contributed by atoms with Crippen LogP contribution in [0, 0.1) is 5.82 Å². The molecule has 3 N–H and O–H groups in total. The molecule has 0 spiro atoms. The molecular weight excluding hydrogens is 441 g/mol. The van der Waals surface area contributed by atoms with Gasteiger partial charge in [0.15, 0.2) is 0 Å². The van der Waals surface area contributed by atoms with Crippen molar-refractivity contribution in [2.45, 2.75) is 18.9 Å². The molecule has 5 rings (SSSR count). The SMILES string of the molecule is Nc1c(C(=O)N2CCC[C@H]2C(=O)O)sc2nc(-c3ccc(F)cc3)cc(-c3ccccc3)c12. The largest absolute Gasteiger partial charge is 0.480 e. The molecule has 6 nitrogen and oxygen atoms in total. The van der Waals surface area contributed by atoms with E-state index in [1.54, 1.807) is 12.1 Å². The zero-order valence-corrected chi connectivity index (χ0v) is 18.3. The molecule has 8 heteroatoms. The number of thiophene rings is 1. The topological polar surface area (TPSA) is 96.5 Å². The molecule has 3 heterocycles. The Labute approximate surface area is 193 Å². The van der Waals surface area contributed by atoms with Gasteiger partial charge in [0.1, 0.15) is 21.6 Å². The van der Waals surface area contributed by atoms with Crippen molar-refractivity contribution in [3.05, 3.63) is 71.4 Å². The Hall–Kier alpha value is -3.78. The van der Waals surface area contributed by atoms with Crippen LogP contribution in [0.1, 0.15) is 22.5 Å². The van der Waals surface area contributed by atoms with Gasteiger partial charge in [0.2, 0.25) is 0 Å². The zero-order valence-electron chi connectivity index (χ0n) is 17.5. The monoisotopic (exact) mass is 461 g/mol. The number of nitrogens with zero attached hydrogens (tertiary/aromatic N) is 2. The molecule has 166 valence electrons. The number of hydrogen-bond acceptors (Lipinski definition) is 5. The van der Waals surface area contributed by atoms with Crippen molar-refractivity contribution in [3.8, 4) is 22.4 Å². The van der Waals surface area contributed by atoms with E-state index in [9.17, 15) is 19.1 Å². The molecule has 0 radical (unpaired) electrons. The lowest BCUT2D eigenvalue weighted by atomic mass is 9.99. The first kappa shape index (κ1) is 21.1. The second kappa shape index (κ2) is 8.29. The van der Waals surface area contributed by atoms with Crippen molar-refractivity contribution in [2.24, 2.45) is 0 Å². The first-order chi connectivity index (χ1) is 15.9. The summed E-state index contributed by atoms with van der Waals surface area (Å²) >= 11 is 1.16. The normalized spacial score (nSPS) is 15.8. The summed E-state index contributed by atoms with van der Waals surface area (Å²) in [6.07, 6.45) is 1.06. The Morgan fingerprint density at radius 1 is 1.09 bits per heavy atom. The van der Waals surface area contributed by atoms with Crippen molar-refractivity contribution >= 4 is 39.1 Å². The van der Waals surface area contributed by atoms with Crippen molar-refractivity contribution in [3.63, 3.8) is 0 Å². The molecule has 0 saturated carbocycles. The highest BCUT2D eigenvalue weighted by atomic mass is 32.1. The minimum absolute atomic E-state index is 0.291. The summed E-state index contributed by atoms with van der Waals surface area (Å²) in [5.41, 5.74) is 9.88. The van der Waals surface area contributed by atoms with Gasteiger partial charge in [-0.15, -0.1) is 11.3 Å². The predicted octanol–water partition coefficient (Wildman–Crippen LogP) is 5.04. The first-order valence-corrected chi connectivity index (χ1v) is 11.3. The number of rotatable bonds is 4. The third-order valence-electron chi connectivity index (χ3n) is 5.92. The standard InChI is InChI=1S/C25H20FN3O3S/c26-16-10-8-15(9-11-16)18-13-17(14-5-2-1-3-6-14)20-21(27)22(33-23(20)28-18)24(30)29-12-4-7-19(29)25(31)32/h1-3,5-6,8-11,13,19H,4,7,12,27H2,(H,31,32)/t19-/m0/s1. The summed E-state index contributed by atoms with van der Waals surface area (Å²) in [7, 11) is 0. The number of nitrogens with two attached hydrogens (primary N) is 1. The summed E-state index contributed by atoms with van der Waals surface area (Å²) in [4.78, 5) is 31.9. The van der Waals surface area contributed by atoms with E-state index in [2.05, 4.69) is 0 Å². The number of fused-ring (bicyclic) bond motifs is 1. The quantitative estimate of drug-likeness (QED) is 0.444. The van der Waals surface area contributed by atoms with Crippen molar-refractivity contribution < 1.29 is 19.1 Å². The fraction of sp³-hybridized carbons (Fsp3) is 0.160. The number of benzene rings is 2. The van der Waals surface area contributed by atoms with Crippen LogP contribution < -0.4 is 5.73 Å². The third kappa shape index (κ3) is 3.72. The number of anilines is 1. The number of aliphatic carboxylic acids is 1. The Kier molecular flexibility index (Phi) is 5.30. The van der Waals surface area contributed by atoms with E-state index < -0.39 is 12.0 Å². The van der Waals surface area contributed by atoms with Crippen LogP contribution in [0.15, 0.2) is 60.7 Å². The average Bonchev–Trinajstić information content (AvgIpc) is 3.44. The van der Waals surface area contributed by atoms with Crippen LogP contribution in [0.2, 0.25) is 0 Å². The third-order valence-corrected chi connectivity index (χ3v) is 7.00. The summed E-state index contributed by atoms with van der Waals surface area (Å²) in [6, 6.07) is 16.7. The van der Waals surface area contributed by atoms with E-state index in [0.717, 1.165) is 28.0 Å². The summed E-state index contributed by atoms with van der Waals surface area (Å²) in [5.74, 6) is -1.74. The number of carbonyl (C=O) groups is 2. The molecule has 4 aromatic rings. The van der Waals surface area contributed by atoms with Gasteiger partial charge in [0.05, 0.1) is 11.4 Å². The maximum atomic E-state index is 13.5. The van der Waals surface area contributed by atoms with Gasteiger partial charge in [-0.3, -0.25) is 4.79 Å². The highest BCUT2D eigenvalue weighted by Gasteiger charge is 2.36. The number of amides is 1. The van der Waals surface area contributed by atoms with Crippen LogP contribution in [0.25, 0.3) is 32.6 Å². The zero-order chi connectivity index (χ0) is 23.1. The lowest BCUT2D eigenvalue weighted by Gasteiger charge is -2.20. The number of pyridine rings is 1. The molecule has 33 heavy (non-hydrogen) atoms. The van der Waals surface area contributed by atoms with Gasteiger partial charge in [-0.2, -0.15) is 0 Å². The maximum Gasteiger partial charge on any atom is 0.326 e. The Bertz CT molecular complexity index is 1370. The first-order valence-electron chi connectivity index (χ1n) is 10.5. The van der Waals surface area contributed by atoms with E-state index in [-0.39, 0.29) is 11.7 Å². The Morgan fingerprint density at radius 3 is 2.52 bits per heavy atom. The number of hydrogen-bond donors (Lipinski definition) is 2. The second-order valence-corrected chi connectivity index (χ2v) is 8.95. The molecule has 1 aliphatic heterocycles. The lowest BCUT2D eigenvalue weighted by Crippen LogP contribution is -2.40. The molecule has 0 bridgehead atoms. The molecule has 1 saturated heterocycles. The van der Waals surface area contributed by atoms with Crippen molar-refractivity contribution in [1.29, 1.82) is 0 Å². The van der Waals surface area contributed by atoms with Gasteiger partial charge >= 0.3 is 5.97 Å². The molecule has 1 amide bonds. The highest BCUT2D eigenvalue weighted by molar-refractivity contribution is 7.21.